The molecular formula is C42H28N2. The number of hydrogen-bond donors (Lipinski definition) is 0. The fourth-order valence-corrected chi connectivity index (χ4v) is 9.55. The summed E-state index contributed by atoms with van der Waals surface area (Å²) in [4.78, 5) is 11.0. The maximum Gasteiger partial charge on any atom is 0.0750 e. The van der Waals surface area contributed by atoms with Crippen LogP contribution in [-0.2, 0) is 0 Å². The predicted octanol–water partition coefficient (Wildman–Crippen LogP) is 10.1. The van der Waals surface area contributed by atoms with Gasteiger partial charge in [0.25, 0.3) is 0 Å². The van der Waals surface area contributed by atoms with Crippen molar-refractivity contribution < 1.29 is 0 Å². The van der Waals surface area contributed by atoms with Gasteiger partial charge in [0.1, 0.15) is 0 Å². The van der Waals surface area contributed by atoms with Crippen LogP contribution in [0.15, 0.2) is 121 Å². The molecule has 4 bridgehead atoms. The third-order valence-corrected chi connectivity index (χ3v) is 11.2. The van der Waals surface area contributed by atoms with Crippen LogP contribution < -0.4 is 0 Å². The Hall–Kier alpha value is -5.08. The van der Waals surface area contributed by atoms with Crippen LogP contribution in [0.5, 0.6) is 0 Å². The third kappa shape index (κ3) is 2.87. The molecule has 0 saturated heterocycles. The minimum Gasteiger partial charge on any atom is -0.247 e. The summed E-state index contributed by atoms with van der Waals surface area (Å²) in [5.41, 5.74) is 18.7. The molecule has 4 aliphatic carbocycles. The van der Waals surface area contributed by atoms with Crippen LogP contribution in [0.1, 0.15) is 81.0 Å². The topological polar surface area (TPSA) is 25.8 Å². The van der Waals surface area contributed by atoms with Crippen molar-refractivity contribution in [3.8, 4) is 22.5 Å². The molecule has 0 fully saturated rings. The van der Waals surface area contributed by atoms with Crippen molar-refractivity contribution in [1.29, 1.82) is 0 Å². The van der Waals surface area contributed by atoms with E-state index in [0.717, 1.165) is 35.3 Å². The fraction of sp³-hybridized carbons (Fsp3) is 0.143. The summed E-state index contributed by atoms with van der Waals surface area (Å²) < 4.78 is 0. The molecule has 2 nitrogen and oxygen atoms in total. The summed E-state index contributed by atoms with van der Waals surface area (Å²) in [5.74, 6) is 1.64. The molecule has 44 heavy (non-hydrogen) atoms. The van der Waals surface area contributed by atoms with E-state index in [0.29, 0.717) is 23.7 Å². The molecule has 0 spiro atoms. The predicted molar refractivity (Wildman–Crippen MR) is 177 cm³/mol. The highest BCUT2D eigenvalue weighted by molar-refractivity contribution is 6.03. The standard InChI is InChI=1S/C42H28N2/c1-3-11-23(12-4-1)41-39-31-19-29(25-15-7-9-17-27(25)31)37(39)33-21-34-36(22-35(33)43-41)44-42(24-13-5-2-6-14-24)40-32-20-30(38(34)40)26-16-8-10-18-28(26)32/h1-18,21-22,29-32H,19-20H2. The Kier molecular flexibility index (Phi) is 4.41. The molecule has 0 amide bonds. The maximum atomic E-state index is 5.50. The Morgan fingerprint density at radius 1 is 0.386 bits per heavy atom. The zero-order valence-electron chi connectivity index (χ0n) is 24.2. The SMILES string of the molecule is c1ccc(-c2nc3cc4nc(-c5ccccc5)c5c(c4cc3c3c2C2CC3c3ccccc32)C2CC5c3ccccc32)cc1. The van der Waals surface area contributed by atoms with Crippen LogP contribution in [-0.4, -0.2) is 9.97 Å². The van der Waals surface area contributed by atoms with E-state index in [1.54, 1.807) is 0 Å². The Morgan fingerprint density at radius 3 is 1.16 bits per heavy atom. The molecule has 4 unspecified atom stereocenters. The van der Waals surface area contributed by atoms with Gasteiger partial charge in [-0.05, 0) is 69.5 Å². The first-order valence-electron chi connectivity index (χ1n) is 16.0. The highest BCUT2D eigenvalue weighted by Gasteiger charge is 2.46. The molecule has 0 N–H and O–H groups in total. The second-order valence-electron chi connectivity index (χ2n) is 13.1. The van der Waals surface area contributed by atoms with Crippen LogP contribution in [0, 0.1) is 0 Å². The van der Waals surface area contributed by atoms with Crippen LogP contribution in [0.3, 0.4) is 0 Å². The minimum atomic E-state index is 0.404. The summed E-state index contributed by atoms with van der Waals surface area (Å²) >= 11 is 0. The van der Waals surface area contributed by atoms with Gasteiger partial charge in [-0.15, -0.1) is 0 Å². The molecule has 0 aliphatic heterocycles. The van der Waals surface area contributed by atoms with Gasteiger partial charge >= 0.3 is 0 Å². The van der Waals surface area contributed by atoms with E-state index in [-0.39, 0.29) is 0 Å². The first-order valence-corrected chi connectivity index (χ1v) is 16.0. The quantitative estimate of drug-likeness (QED) is 0.197. The largest absolute Gasteiger partial charge is 0.247 e. The lowest BCUT2D eigenvalue weighted by Crippen LogP contribution is -2.09. The number of rotatable bonds is 2. The summed E-state index contributed by atoms with van der Waals surface area (Å²) in [6.07, 6.45) is 2.30. The summed E-state index contributed by atoms with van der Waals surface area (Å²) in [7, 11) is 0. The Labute approximate surface area is 256 Å². The molecule has 7 aromatic rings. The normalized spacial score (nSPS) is 21.5. The van der Waals surface area contributed by atoms with Crippen molar-refractivity contribution in [3.63, 3.8) is 0 Å². The van der Waals surface area contributed by atoms with Crippen LogP contribution in [0.2, 0.25) is 0 Å². The zero-order chi connectivity index (χ0) is 28.5. The summed E-state index contributed by atoms with van der Waals surface area (Å²) in [6.45, 7) is 0. The lowest BCUT2D eigenvalue weighted by atomic mass is 9.80. The molecule has 4 aliphatic rings. The maximum absolute atomic E-state index is 5.50. The van der Waals surface area contributed by atoms with Crippen molar-refractivity contribution >= 4 is 21.8 Å². The molecule has 2 heteroatoms. The lowest BCUT2D eigenvalue weighted by molar-refractivity contribution is 0.797. The number of pyridine rings is 2. The van der Waals surface area contributed by atoms with Gasteiger partial charge < -0.3 is 0 Å². The van der Waals surface area contributed by atoms with Crippen molar-refractivity contribution in [2.75, 3.05) is 0 Å². The van der Waals surface area contributed by atoms with Gasteiger partial charge in [-0.1, -0.05) is 109 Å². The highest BCUT2D eigenvalue weighted by atomic mass is 14.8. The molecule has 2 aromatic heterocycles. The number of aromatic nitrogens is 2. The number of nitrogens with zero attached hydrogens (tertiary/aromatic N) is 2. The smallest absolute Gasteiger partial charge is 0.0750 e. The fourth-order valence-electron chi connectivity index (χ4n) is 9.55. The summed E-state index contributed by atoms with van der Waals surface area (Å²) in [5, 5.41) is 2.64. The van der Waals surface area contributed by atoms with Gasteiger partial charge in [0.2, 0.25) is 0 Å². The second-order valence-corrected chi connectivity index (χ2v) is 13.1. The first-order chi connectivity index (χ1) is 21.8. The molecule has 4 atom stereocenters. The van der Waals surface area contributed by atoms with E-state index in [2.05, 4.69) is 121 Å². The average molecular weight is 561 g/mol. The Bertz CT molecular complexity index is 2190. The van der Waals surface area contributed by atoms with Gasteiger partial charge in [0, 0.05) is 45.6 Å². The molecular weight excluding hydrogens is 532 g/mol. The first kappa shape index (κ1) is 23.4. The van der Waals surface area contributed by atoms with Crippen molar-refractivity contribution in [2.24, 2.45) is 0 Å². The highest BCUT2D eigenvalue weighted by Crippen LogP contribution is 2.62. The zero-order valence-corrected chi connectivity index (χ0v) is 24.2. The number of hydrogen-bond acceptors (Lipinski definition) is 2. The van der Waals surface area contributed by atoms with E-state index in [1.807, 2.05) is 0 Å². The average Bonchev–Trinajstić information content (AvgIpc) is 3.87. The monoisotopic (exact) mass is 560 g/mol. The lowest BCUT2D eigenvalue weighted by Gasteiger charge is -2.26. The van der Waals surface area contributed by atoms with Gasteiger partial charge in [-0.25, -0.2) is 9.97 Å². The van der Waals surface area contributed by atoms with Crippen molar-refractivity contribution in [1.82, 2.24) is 9.97 Å². The van der Waals surface area contributed by atoms with E-state index < -0.39 is 0 Å². The van der Waals surface area contributed by atoms with Gasteiger partial charge in [0.05, 0.1) is 22.4 Å². The van der Waals surface area contributed by atoms with E-state index in [4.69, 9.17) is 9.97 Å². The summed E-state index contributed by atoms with van der Waals surface area (Å²) in [6, 6.07) is 44.7. The number of benzene rings is 5. The molecule has 0 radical (unpaired) electrons. The van der Waals surface area contributed by atoms with Crippen LogP contribution in [0.25, 0.3) is 44.3 Å². The van der Waals surface area contributed by atoms with E-state index in [1.165, 1.54) is 66.4 Å². The number of fused-ring (bicyclic) bond motifs is 20. The van der Waals surface area contributed by atoms with E-state index in [9.17, 15) is 0 Å². The van der Waals surface area contributed by atoms with Gasteiger partial charge in [-0.3, -0.25) is 0 Å². The molecule has 206 valence electrons. The Morgan fingerprint density at radius 2 is 0.750 bits per heavy atom. The van der Waals surface area contributed by atoms with Crippen molar-refractivity contribution in [2.45, 2.75) is 36.5 Å². The second kappa shape index (κ2) is 8.30. The molecule has 2 heterocycles. The molecule has 11 rings (SSSR count). The third-order valence-electron chi connectivity index (χ3n) is 11.2. The van der Waals surface area contributed by atoms with E-state index >= 15 is 0 Å². The molecule has 0 saturated carbocycles. The molecule has 5 aromatic carbocycles. The minimum absolute atomic E-state index is 0.404. The Balaban J connectivity index is 1.25. The van der Waals surface area contributed by atoms with Crippen LogP contribution in [0.4, 0.5) is 0 Å². The van der Waals surface area contributed by atoms with Crippen LogP contribution >= 0.6 is 0 Å². The van der Waals surface area contributed by atoms with Crippen molar-refractivity contribution in [3.05, 3.63) is 166 Å². The van der Waals surface area contributed by atoms with Gasteiger partial charge in [-0.2, -0.15) is 0 Å². The van der Waals surface area contributed by atoms with Gasteiger partial charge in [0.15, 0.2) is 0 Å².